The van der Waals surface area contributed by atoms with E-state index < -0.39 is 34.6 Å². The molecule has 0 aliphatic carbocycles. The van der Waals surface area contributed by atoms with E-state index in [1.54, 1.807) is 40.0 Å². The molecule has 13 heteroatoms. The van der Waals surface area contributed by atoms with Crippen molar-refractivity contribution in [3.05, 3.63) is 53.9 Å². The van der Waals surface area contributed by atoms with E-state index in [0.717, 1.165) is 0 Å². The zero-order valence-corrected chi connectivity index (χ0v) is 19.4. The van der Waals surface area contributed by atoms with Gasteiger partial charge in [0.15, 0.2) is 11.2 Å². The van der Waals surface area contributed by atoms with Crippen molar-refractivity contribution in [3.8, 4) is 5.75 Å². The maximum absolute atomic E-state index is 13.5. The lowest BCUT2D eigenvalue weighted by Gasteiger charge is -2.32. The molecule has 2 aromatic rings. The lowest BCUT2D eigenvalue weighted by molar-refractivity contribution is 0.000580. The minimum absolute atomic E-state index is 0.0360. The Morgan fingerprint density at radius 1 is 1.33 bits per heavy atom. The van der Waals surface area contributed by atoms with Crippen molar-refractivity contribution < 1.29 is 26.7 Å². The van der Waals surface area contributed by atoms with Crippen molar-refractivity contribution in [3.63, 3.8) is 0 Å². The van der Waals surface area contributed by atoms with Crippen molar-refractivity contribution in [2.24, 2.45) is 5.10 Å². The molecule has 0 amide bonds. The van der Waals surface area contributed by atoms with Gasteiger partial charge in [-0.1, -0.05) is 6.07 Å². The fourth-order valence-corrected chi connectivity index (χ4v) is 5.84. The molecule has 1 fully saturated rings. The van der Waals surface area contributed by atoms with Crippen LogP contribution in [0, 0.1) is 0 Å². The number of rotatable bonds is 8. The Bertz CT molecular complexity index is 1050. The number of nitrogens with zero attached hydrogens (tertiary/aromatic N) is 4. The van der Waals surface area contributed by atoms with E-state index in [0.29, 0.717) is 47.3 Å². The molecule has 0 saturated carbocycles. The van der Waals surface area contributed by atoms with Gasteiger partial charge < -0.3 is 9.47 Å². The molecule has 3 heterocycles. The van der Waals surface area contributed by atoms with Crippen LogP contribution < -0.4 is 14.5 Å². The second kappa shape index (κ2) is 10.5. The van der Waals surface area contributed by atoms with E-state index >= 15 is 0 Å². The number of anilines is 1. The Morgan fingerprint density at radius 2 is 2.12 bits per heavy atom. The molecule has 0 spiro atoms. The first-order valence-corrected chi connectivity index (χ1v) is 12.7. The minimum atomic E-state index is -2.71. The zero-order valence-electron chi connectivity index (χ0n) is 17.7. The number of ether oxygens (including phenoxy) is 2. The summed E-state index contributed by atoms with van der Waals surface area (Å²) in [6.07, 6.45) is -2.72. The largest absolute Gasteiger partial charge is 0.497 e. The molecule has 1 N–H and O–H groups in total. The molecule has 2 aliphatic heterocycles. The Labute approximate surface area is 194 Å². The molecular formula is C20H23F2N5O4S2. The number of aromatic nitrogens is 1. The molecule has 0 bridgehead atoms. The average Bonchev–Trinajstić information content (AvgIpc) is 3.34. The van der Waals surface area contributed by atoms with Crippen LogP contribution in [0.5, 0.6) is 5.75 Å². The third-order valence-electron chi connectivity index (χ3n) is 5.03. The SMILES string of the molecule is COc1cccc(N(Cc2ccc(C3=NNC(C(F)F)O3)cn2)S(=O)N2CCS(=O)CC2)c1. The van der Waals surface area contributed by atoms with Gasteiger partial charge in [-0.2, -0.15) is 0 Å². The molecule has 1 saturated heterocycles. The van der Waals surface area contributed by atoms with Crippen LogP contribution in [-0.4, -0.2) is 68.0 Å². The summed E-state index contributed by atoms with van der Waals surface area (Å²) in [6, 6.07) is 10.6. The quantitative estimate of drug-likeness (QED) is 0.593. The number of alkyl halides is 2. The first kappa shape index (κ1) is 23.5. The molecule has 2 unspecified atom stereocenters. The number of hydrogen-bond acceptors (Lipinski definition) is 7. The Morgan fingerprint density at radius 3 is 2.76 bits per heavy atom. The molecule has 4 rings (SSSR count). The fourth-order valence-electron chi connectivity index (χ4n) is 3.25. The first-order valence-electron chi connectivity index (χ1n) is 10.1. The van der Waals surface area contributed by atoms with Gasteiger partial charge in [0.2, 0.25) is 12.1 Å². The van der Waals surface area contributed by atoms with Crippen LogP contribution in [0.1, 0.15) is 11.3 Å². The number of pyridine rings is 1. The second-order valence-corrected chi connectivity index (χ2v) is 10.3. The van der Waals surface area contributed by atoms with Gasteiger partial charge >= 0.3 is 0 Å². The maximum Gasteiger partial charge on any atom is 0.294 e. The third-order valence-corrected chi connectivity index (χ3v) is 7.83. The van der Waals surface area contributed by atoms with E-state index in [1.165, 1.54) is 6.20 Å². The molecule has 9 nitrogen and oxygen atoms in total. The average molecular weight is 500 g/mol. The van der Waals surface area contributed by atoms with E-state index in [4.69, 9.17) is 9.47 Å². The summed E-state index contributed by atoms with van der Waals surface area (Å²) in [7, 11) is 0.667. The number of hydrazone groups is 1. The van der Waals surface area contributed by atoms with Gasteiger partial charge in [0, 0.05) is 47.7 Å². The molecule has 33 heavy (non-hydrogen) atoms. The molecule has 1 aromatic carbocycles. The topological polar surface area (TPSA) is 96.4 Å². The van der Waals surface area contributed by atoms with E-state index in [-0.39, 0.29) is 12.4 Å². The van der Waals surface area contributed by atoms with Gasteiger partial charge in [0.05, 0.1) is 30.6 Å². The smallest absolute Gasteiger partial charge is 0.294 e. The van der Waals surface area contributed by atoms with Gasteiger partial charge in [0.1, 0.15) is 5.75 Å². The predicted octanol–water partition coefficient (Wildman–Crippen LogP) is 1.61. The van der Waals surface area contributed by atoms with Gasteiger partial charge in [-0.15, -0.1) is 5.10 Å². The second-order valence-electron chi connectivity index (χ2n) is 7.20. The summed E-state index contributed by atoms with van der Waals surface area (Å²) in [6.45, 7) is 1.13. The summed E-state index contributed by atoms with van der Waals surface area (Å²) in [5, 5.41) is 3.78. The maximum atomic E-state index is 13.5. The Hall–Kier alpha value is -2.64. The summed E-state index contributed by atoms with van der Waals surface area (Å²) < 4.78 is 64.6. The van der Waals surface area contributed by atoms with Gasteiger partial charge in [-0.05, 0) is 24.3 Å². The molecule has 0 radical (unpaired) electrons. The van der Waals surface area contributed by atoms with Crippen molar-refractivity contribution in [2.75, 3.05) is 36.0 Å². The molecule has 2 aliphatic rings. The van der Waals surface area contributed by atoms with E-state index in [2.05, 4.69) is 15.5 Å². The summed E-state index contributed by atoms with van der Waals surface area (Å²) >= 11 is -1.54. The van der Waals surface area contributed by atoms with Crippen LogP contribution in [0.3, 0.4) is 0 Å². The lowest BCUT2D eigenvalue weighted by atomic mass is 10.2. The van der Waals surface area contributed by atoms with Crippen molar-refractivity contribution in [1.29, 1.82) is 0 Å². The Kier molecular flexibility index (Phi) is 7.50. The minimum Gasteiger partial charge on any atom is -0.497 e. The number of halogens is 2. The monoisotopic (exact) mass is 499 g/mol. The van der Waals surface area contributed by atoms with E-state index in [9.17, 15) is 17.2 Å². The fraction of sp³-hybridized carbons (Fsp3) is 0.400. The van der Waals surface area contributed by atoms with Gasteiger partial charge in [-0.3, -0.25) is 18.9 Å². The van der Waals surface area contributed by atoms with Crippen LogP contribution >= 0.6 is 0 Å². The number of benzene rings is 1. The van der Waals surface area contributed by atoms with Crippen LogP contribution in [0.4, 0.5) is 14.5 Å². The van der Waals surface area contributed by atoms with E-state index in [1.807, 2.05) is 12.1 Å². The summed E-state index contributed by atoms with van der Waals surface area (Å²) in [4.78, 5) is 4.39. The number of hydrogen-bond donors (Lipinski definition) is 1. The number of methoxy groups -OCH3 is 1. The van der Waals surface area contributed by atoms with Gasteiger partial charge in [0.25, 0.3) is 6.43 Å². The molecule has 1 aromatic heterocycles. The van der Waals surface area contributed by atoms with Crippen molar-refractivity contribution in [2.45, 2.75) is 19.2 Å². The summed E-state index contributed by atoms with van der Waals surface area (Å²) in [5.74, 6) is 1.60. The third kappa shape index (κ3) is 5.65. The predicted molar refractivity (Wildman–Crippen MR) is 122 cm³/mol. The first-order chi connectivity index (χ1) is 15.9. The highest BCUT2D eigenvalue weighted by atomic mass is 32.2. The highest BCUT2D eigenvalue weighted by Gasteiger charge is 2.29. The van der Waals surface area contributed by atoms with Crippen LogP contribution in [-0.2, 0) is 33.3 Å². The highest BCUT2D eigenvalue weighted by molar-refractivity contribution is 7.86. The van der Waals surface area contributed by atoms with Crippen molar-refractivity contribution in [1.82, 2.24) is 14.7 Å². The molecular weight excluding hydrogens is 476 g/mol. The number of nitrogens with one attached hydrogen (secondary N) is 1. The van der Waals surface area contributed by atoms with Gasteiger partial charge in [-0.25, -0.2) is 17.3 Å². The zero-order chi connectivity index (χ0) is 23.4. The van der Waals surface area contributed by atoms with Crippen LogP contribution in [0.2, 0.25) is 0 Å². The highest BCUT2D eigenvalue weighted by Crippen LogP contribution is 2.25. The normalized spacial score (nSPS) is 20.1. The standard InChI is InChI=1S/C20H23F2N5O4S2/c1-30-17-4-2-3-16(11-17)27(33(29)26-7-9-32(28)10-8-26)13-15-6-5-14(12-23-15)19-24-25-20(31-19)18(21)22/h2-6,11-12,18,20,25H,7-10,13H2,1H3. The molecule has 2 atom stereocenters. The van der Waals surface area contributed by atoms with Crippen LogP contribution in [0.25, 0.3) is 0 Å². The molecule has 178 valence electrons. The van der Waals surface area contributed by atoms with Crippen LogP contribution in [0.15, 0.2) is 47.7 Å². The Balaban J connectivity index is 1.53. The summed E-state index contributed by atoms with van der Waals surface area (Å²) in [5.41, 5.74) is 3.97. The van der Waals surface area contributed by atoms with Crippen molar-refractivity contribution >= 4 is 33.6 Å². The lowest BCUT2D eigenvalue weighted by Crippen LogP contribution is -2.45.